The molecule has 2 N–H and O–H groups in total. The van der Waals surface area contributed by atoms with Crippen molar-refractivity contribution in [1.82, 2.24) is 14.5 Å². The second kappa shape index (κ2) is 5.07. The molecule has 2 heterocycles. The van der Waals surface area contributed by atoms with E-state index >= 15 is 0 Å². The van der Waals surface area contributed by atoms with Gasteiger partial charge < -0.3 is 5.11 Å². The Kier molecular flexibility index (Phi) is 3.67. The van der Waals surface area contributed by atoms with Crippen LogP contribution in [0.5, 0.6) is 0 Å². The van der Waals surface area contributed by atoms with Crippen molar-refractivity contribution in [2.75, 3.05) is 13.1 Å². The molecule has 1 saturated heterocycles. The number of H-pyrrole nitrogens is 1. The van der Waals surface area contributed by atoms with Crippen LogP contribution in [0.2, 0.25) is 0 Å². The van der Waals surface area contributed by atoms with Crippen LogP contribution in [0.15, 0.2) is 17.3 Å². The number of nitrogens with one attached hydrogen (secondary N) is 1. The summed E-state index contributed by atoms with van der Waals surface area (Å²) in [5.74, 6) is -0.760. The lowest BCUT2D eigenvalue weighted by atomic mass is 9.95. The van der Waals surface area contributed by atoms with Crippen LogP contribution in [-0.2, 0) is 14.8 Å². The third-order valence-electron chi connectivity index (χ3n) is 3.15. The fraction of sp³-hybridized carbons (Fsp3) is 0.600. The topological polar surface area (TPSA) is 103 Å². The van der Waals surface area contributed by atoms with Crippen LogP contribution in [0, 0.1) is 5.92 Å². The van der Waals surface area contributed by atoms with Gasteiger partial charge in [0.25, 0.3) is 0 Å². The number of hydrogen-bond acceptors (Lipinski definition) is 4. The predicted octanol–water partition coefficient (Wildman–Crippen LogP) is 0.285. The molecule has 8 heteroatoms. The van der Waals surface area contributed by atoms with Crippen LogP contribution in [-0.4, -0.2) is 47.1 Å². The van der Waals surface area contributed by atoms with E-state index in [2.05, 4.69) is 10.2 Å². The number of nitrogens with zero attached hydrogens (tertiary/aromatic N) is 2. The lowest BCUT2D eigenvalue weighted by Gasteiger charge is -2.30. The molecule has 1 aromatic rings. The maximum atomic E-state index is 12.1. The molecular formula is C10H15N3O4S. The highest BCUT2D eigenvalue weighted by Gasteiger charge is 2.30. The molecule has 7 nitrogen and oxygen atoms in total. The summed E-state index contributed by atoms with van der Waals surface area (Å²) >= 11 is 0. The molecule has 1 aromatic heterocycles. The lowest BCUT2D eigenvalue weighted by molar-refractivity contribution is -0.138. The van der Waals surface area contributed by atoms with Gasteiger partial charge >= 0.3 is 5.97 Å². The smallest absolute Gasteiger partial charge is 0.303 e. The first-order valence-corrected chi connectivity index (χ1v) is 7.15. The van der Waals surface area contributed by atoms with Crippen LogP contribution in [0.25, 0.3) is 0 Å². The zero-order valence-electron chi connectivity index (χ0n) is 9.74. The summed E-state index contributed by atoms with van der Waals surface area (Å²) < 4.78 is 25.6. The number of carboxylic acid groups (broad SMARTS) is 1. The van der Waals surface area contributed by atoms with Crippen LogP contribution in [0.3, 0.4) is 0 Å². The average molecular weight is 273 g/mol. The Morgan fingerprint density at radius 2 is 2.17 bits per heavy atom. The van der Waals surface area contributed by atoms with Crippen molar-refractivity contribution in [2.45, 2.75) is 24.2 Å². The Hall–Kier alpha value is -1.41. The second-order valence-electron chi connectivity index (χ2n) is 4.38. The molecule has 0 saturated carbocycles. The van der Waals surface area contributed by atoms with Gasteiger partial charge in [-0.3, -0.25) is 9.89 Å². The third-order valence-corrected chi connectivity index (χ3v) is 5.01. The minimum atomic E-state index is -3.48. The molecule has 0 unspecified atom stereocenters. The van der Waals surface area contributed by atoms with Crippen LogP contribution in [0.1, 0.15) is 19.3 Å². The maximum absolute atomic E-state index is 12.1. The molecule has 0 radical (unpaired) electrons. The zero-order chi connectivity index (χ0) is 13.2. The van der Waals surface area contributed by atoms with E-state index < -0.39 is 16.0 Å². The molecule has 18 heavy (non-hydrogen) atoms. The zero-order valence-corrected chi connectivity index (χ0v) is 10.6. The Morgan fingerprint density at radius 1 is 1.50 bits per heavy atom. The SMILES string of the molecule is O=C(O)CC1CCN(S(=O)(=O)c2cn[nH]c2)CC1. The highest BCUT2D eigenvalue weighted by molar-refractivity contribution is 7.89. The van der Waals surface area contributed by atoms with E-state index in [0.717, 1.165) is 0 Å². The summed E-state index contributed by atoms with van der Waals surface area (Å²) in [4.78, 5) is 10.7. The van der Waals surface area contributed by atoms with Crippen molar-refractivity contribution in [2.24, 2.45) is 5.92 Å². The van der Waals surface area contributed by atoms with Gasteiger partial charge in [0, 0.05) is 25.7 Å². The predicted molar refractivity (Wildman–Crippen MR) is 62.3 cm³/mol. The van der Waals surface area contributed by atoms with Gasteiger partial charge in [-0.25, -0.2) is 8.42 Å². The van der Waals surface area contributed by atoms with E-state index in [0.29, 0.717) is 25.9 Å². The van der Waals surface area contributed by atoms with Gasteiger partial charge in [-0.15, -0.1) is 0 Å². The van der Waals surface area contributed by atoms with Gasteiger partial charge in [-0.1, -0.05) is 0 Å². The first-order valence-electron chi connectivity index (χ1n) is 5.71. The molecule has 0 spiro atoms. The fourth-order valence-corrected chi connectivity index (χ4v) is 3.51. The van der Waals surface area contributed by atoms with E-state index in [-0.39, 0.29) is 17.2 Å². The number of piperidine rings is 1. The molecule has 0 amide bonds. The van der Waals surface area contributed by atoms with E-state index in [1.807, 2.05) is 0 Å². The number of carbonyl (C=O) groups is 1. The number of aromatic nitrogens is 2. The van der Waals surface area contributed by atoms with Crippen molar-refractivity contribution < 1.29 is 18.3 Å². The summed E-state index contributed by atoms with van der Waals surface area (Å²) in [7, 11) is -3.48. The molecule has 100 valence electrons. The van der Waals surface area contributed by atoms with Crippen molar-refractivity contribution in [1.29, 1.82) is 0 Å². The maximum Gasteiger partial charge on any atom is 0.303 e. The Labute approximate surface area is 105 Å². The highest BCUT2D eigenvalue weighted by atomic mass is 32.2. The monoisotopic (exact) mass is 273 g/mol. The minimum absolute atomic E-state index is 0.0679. The summed E-state index contributed by atoms with van der Waals surface area (Å²) in [6, 6.07) is 0. The van der Waals surface area contributed by atoms with E-state index in [4.69, 9.17) is 5.11 Å². The average Bonchev–Trinajstić information content (AvgIpc) is 2.83. The normalized spacial score (nSPS) is 18.9. The first kappa shape index (κ1) is 13.0. The van der Waals surface area contributed by atoms with Crippen LogP contribution < -0.4 is 0 Å². The Bertz CT molecular complexity index is 503. The number of hydrogen-bond donors (Lipinski definition) is 2. The standard InChI is InChI=1S/C10H15N3O4S/c14-10(15)5-8-1-3-13(4-2-8)18(16,17)9-6-11-12-7-9/h6-8H,1-5H2,(H,11,12)(H,14,15). The van der Waals surface area contributed by atoms with Crippen molar-refractivity contribution in [3.8, 4) is 0 Å². The summed E-state index contributed by atoms with van der Waals surface area (Å²) in [5.41, 5.74) is 0. The molecule has 0 aliphatic carbocycles. The number of rotatable bonds is 4. The molecular weight excluding hydrogens is 258 g/mol. The molecule has 1 fully saturated rings. The fourth-order valence-electron chi connectivity index (χ4n) is 2.13. The number of carboxylic acids is 1. The summed E-state index contributed by atoms with van der Waals surface area (Å²) in [6.07, 6.45) is 3.91. The Balaban J connectivity index is 2.00. The van der Waals surface area contributed by atoms with Gasteiger partial charge in [0.05, 0.1) is 6.20 Å². The largest absolute Gasteiger partial charge is 0.481 e. The minimum Gasteiger partial charge on any atom is -0.481 e. The third kappa shape index (κ3) is 2.70. The molecule has 0 bridgehead atoms. The molecule has 0 atom stereocenters. The Morgan fingerprint density at radius 3 is 2.67 bits per heavy atom. The van der Waals surface area contributed by atoms with Crippen LogP contribution >= 0.6 is 0 Å². The van der Waals surface area contributed by atoms with Crippen molar-refractivity contribution >= 4 is 16.0 Å². The van der Waals surface area contributed by atoms with E-state index in [1.54, 1.807) is 0 Å². The quantitative estimate of drug-likeness (QED) is 0.820. The van der Waals surface area contributed by atoms with Crippen LogP contribution in [0.4, 0.5) is 0 Å². The summed E-state index contributed by atoms with van der Waals surface area (Å²) in [6.45, 7) is 0.733. The molecule has 0 aromatic carbocycles. The lowest BCUT2D eigenvalue weighted by Crippen LogP contribution is -2.38. The molecule has 2 rings (SSSR count). The highest BCUT2D eigenvalue weighted by Crippen LogP contribution is 2.25. The van der Waals surface area contributed by atoms with Gasteiger partial charge in [0.2, 0.25) is 10.0 Å². The van der Waals surface area contributed by atoms with Crippen molar-refractivity contribution in [3.63, 3.8) is 0 Å². The number of sulfonamides is 1. The molecule has 1 aliphatic heterocycles. The van der Waals surface area contributed by atoms with Gasteiger partial charge in [0.15, 0.2) is 0 Å². The van der Waals surface area contributed by atoms with E-state index in [1.165, 1.54) is 16.7 Å². The van der Waals surface area contributed by atoms with Gasteiger partial charge in [-0.05, 0) is 18.8 Å². The number of aromatic amines is 1. The molecule has 1 aliphatic rings. The first-order chi connectivity index (χ1) is 8.50. The number of aliphatic carboxylic acids is 1. The van der Waals surface area contributed by atoms with Gasteiger partial charge in [-0.2, -0.15) is 9.40 Å². The second-order valence-corrected chi connectivity index (χ2v) is 6.32. The van der Waals surface area contributed by atoms with E-state index in [9.17, 15) is 13.2 Å². The van der Waals surface area contributed by atoms with Crippen molar-refractivity contribution in [3.05, 3.63) is 12.4 Å². The van der Waals surface area contributed by atoms with Gasteiger partial charge in [0.1, 0.15) is 4.90 Å². The summed E-state index contributed by atoms with van der Waals surface area (Å²) in [5, 5.41) is 14.8.